The molecule has 0 bridgehead atoms. The minimum absolute atomic E-state index is 0.0560. The monoisotopic (exact) mass is 293 g/mol. The van der Waals surface area contributed by atoms with Crippen LogP contribution in [0, 0.1) is 0 Å². The maximum Gasteiger partial charge on any atom is 0.334 e. The van der Waals surface area contributed by atoms with Gasteiger partial charge in [-0.15, -0.1) is 0 Å². The summed E-state index contributed by atoms with van der Waals surface area (Å²) in [7, 11) is 3.57. The zero-order valence-electron chi connectivity index (χ0n) is 11.1. The van der Waals surface area contributed by atoms with Crippen molar-refractivity contribution in [2.45, 2.75) is 6.42 Å². The van der Waals surface area contributed by atoms with Gasteiger partial charge in [0.05, 0.1) is 5.70 Å². The van der Waals surface area contributed by atoms with E-state index in [9.17, 15) is 4.39 Å². The van der Waals surface area contributed by atoms with E-state index in [1.165, 1.54) is 6.08 Å². The van der Waals surface area contributed by atoms with Crippen LogP contribution < -0.4 is 4.74 Å². The normalized spacial score (nSPS) is 14.8. The van der Waals surface area contributed by atoms with Gasteiger partial charge in [-0.1, -0.05) is 11.6 Å². The van der Waals surface area contributed by atoms with E-state index in [-0.39, 0.29) is 12.1 Å². The number of allylic oxidation sites excluding steroid dienone is 3. The molecule has 0 aromatic heterocycles. The first kappa shape index (κ1) is 14.3. The third kappa shape index (κ3) is 3.07. The van der Waals surface area contributed by atoms with Crippen molar-refractivity contribution in [3.63, 3.8) is 0 Å². The molecule has 0 atom stereocenters. The van der Waals surface area contributed by atoms with Crippen molar-refractivity contribution >= 4 is 17.3 Å². The molecule has 0 heterocycles. The molecule has 0 saturated heterocycles. The highest BCUT2D eigenvalue weighted by Crippen LogP contribution is 2.27. The van der Waals surface area contributed by atoms with Crippen LogP contribution in [-0.4, -0.2) is 29.5 Å². The average Bonchev–Trinajstić information content (AvgIpc) is 2.42. The van der Waals surface area contributed by atoms with Crippen molar-refractivity contribution in [3.8, 4) is 5.75 Å². The molecule has 0 saturated carbocycles. The highest BCUT2D eigenvalue weighted by atomic mass is 35.5. The fraction of sp³-hybridized carbons (Fsp3) is 0.214. The predicted molar refractivity (Wildman–Crippen MR) is 75.2 cm³/mol. The minimum atomic E-state index is -0.570. The third-order valence-corrected chi connectivity index (χ3v) is 3.06. The number of halogens is 2. The second kappa shape index (κ2) is 5.90. The molecule has 1 aromatic rings. The van der Waals surface area contributed by atoms with Gasteiger partial charge in [-0.05, 0) is 24.3 Å². The van der Waals surface area contributed by atoms with Crippen LogP contribution in [0.1, 0.15) is 6.42 Å². The van der Waals surface area contributed by atoms with Crippen molar-refractivity contribution in [1.82, 2.24) is 4.90 Å². The lowest BCUT2D eigenvalue weighted by Gasteiger charge is -2.21. The number of rotatable bonds is 3. The standard InChI is InChI=1S/C14H13ClFN3O/c1-19(2)13-7-11(16)12(18-17)8-14(13)20-10-5-3-9(15)4-6-10/h3-7H,8H2,1-2H3. The van der Waals surface area contributed by atoms with E-state index >= 15 is 0 Å². The molecule has 1 aliphatic carbocycles. The number of likely N-dealkylation sites (N-methyl/N-ethyl adjacent to an activating group) is 1. The topological polar surface area (TPSA) is 48.9 Å². The molecule has 1 aliphatic rings. The van der Waals surface area contributed by atoms with Gasteiger partial charge in [0, 0.05) is 25.2 Å². The number of benzene rings is 1. The summed E-state index contributed by atoms with van der Waals surface area (Å²) in [5, 5.41) is 0.603. The smallest absolute Gasteiger partial charge is 0.334 e. The lowest BCUT2D eigenvalue weighted by atomic mass is 10.1. The summed E-state index contributed by atoms with van der Waals surface area (Å²) < 4.78 is 19.4. The molecule has 0 aliphatic heterocycles. The minimum Gasteiger partial charge on any atom is -0.459 e. The molecule has 6 heteroatoms. The van der Waals surface area contributed by atoms with Crippen LogP contribution in [0.2, 0.25) is 5.02 Å². The molecule has 20 heavy (non-hydrogen) atoms. The summed E-state index contributed by atoms with van der Waals surface area (Å²) in [6, 6.07) is 6.83. The lowest BCUT2D eigenvalue weighted by molar-refractivity contribution is -0.00934. The molecule has 4 nitrogen and oxygen atoms in total. The number of nitrogens with zero attached hydrogens (tertiary/aromatic N) is 3. The molecule has 0 spiro atoms. The molecule has 1 aromatic carbocycles. The largest absolute Gasteiger partial charge is 0.459 e. The van der Waals surface area contributed by atoms with Crippen LogP contribution >= 0.6 is 11.6 Å². The molecule has 104 valence electrons. The Labute approximate surface area is 121 Å². The summed E-state index contributed by atoms with van der Waals surface area (Å²) in [4.78, 5) is 4.68. The van der Waals surface area contributed by atoms with Gasteiger partial charge in [-0.3, -0.25) is 0 Å². The van der Waals surface area contributed by atoms with Crippen molar-refractivity contribution < 1.29 is 13.9 Å². The first-order valence-corrected chi connectivity index (χ1v) is 6.31. The molecular formula is C14H13ClFN3O. The molecule has 0 N–H and O–H groups in total. The van der Waals surface area contributed by atoms with E-state index in [1.807, 2.05) is 0 Å². The summed E-state index contributed by atoms with van der Waals surface area (Å²) in [5.74, 6) is 0.517. The molecule has 0 radical (unpaired) electrons. The van der Waals surface area contributed by atoms with Crippen molar-refractivity contribution in [1.29, 1.82) is 0 Å². The van der Waals surface area contributed by atoms with Crippen LogP contribution in [0.25, 0.3) is 5.53 Å². The van der Waals surface area contributed by atoms with Crippen molar-refractivity contribution in [3.05, 3.63) is 58.2 Å². The highest BCUT2D eigenvalue weighted by molar-refractivity contribution is 6.30. The van der Waals surface area contributed by atoms with Gasteiger partial charge in [-0.2, -0.15) is 9.18 Å². The summed E-state index contributed by atoms with van der Waals surface area (Å²) in [6.07, 6.45) is 1.36. The van der Waals surface area contributed by atoms with Gasteiger partial charge < -0.3 is 15.2 Å². The van der Waals surface area contributed by atoms with Gasteiger partial charge in [0.15, 0.2) is 0 Å². The Morgan fingerprint density at radius 1 is 1.30 bits per heavy atom. The van der Waals surface area contributed by atoms with Crippen molar-refractivity contribution in [2.75, 3.05) is 14.1 Å². The van der Waals surface area contributed by atoms with Crippen LogP contribution in [0.4, 0.5) is 4.39 Å². The molecular weight excluding hydrogens is 281 g/mol. The fourth-order valence-corrected chi connectivity index (χ4v) is 1.93. The third-order valence-electron chi connectivity index (χ3n) is 2.81. The van der Waals surface area contributed by atoms with Gasteiger partial charge in [0.2, 0.25) is 5.83 Å². The van der Waals surface area contributed by atoms with Gasteiger partial charge in [0.25, 0.3) is 0 Å². The lowest BCUT2D eigenvalue weighted by Crippen LogP contribution is -2.21. The quantitative estimate of drug-likeness (QED) is 0.633. The van der Waals surface area contributed by atoms with E-state index < -0.39 is 5.83 Å². The maximum absolute atomic E-state index is 13.7. The Kier molecular flexibility index (Phi) is 4.23. The van der Waals surface area contributed by atoms with E-state index in [2.05, 4.69) is 4.79 Å². The summed E-state index contributed by atoms with van der Waals surface area (Å²) in [5.41, 5.74) is 9.34. The molecule has 0 fully saturated rings. The van der Waals surface area contributed by atoms with Crippen LogP contribution in [0.5, 0.6) is 5.75 Å². The first-order chi connectivity index (χ1) is 9.51. The van der Waals surface area contributed by atoms with Gasteiger partial charge in [0.1, 0.15) is 17.9 Å². The van der Waals surface area contributed by atoms with E-state index in [1.54, 1.807) is 43.3 Å². The second-order valence-corrected chi connectivity index (χ2v) is 4.91. The Bertz CT molecular complexity index is 628. The highest BCUT2D eigenvalue weighted by Gasteiger charge is 2.28. The number of ether oxygens (including phenoxy) is 1. The van der Waals surface area contributed by atoms with Crippen LogP contribution in [0.3, 0.4) is 0 Å². The summed E-state index contributed by atoms with van der Waals surface area (Å²) >= 11 is 5.81. The van der Waals surface area contributed by atoms with Crippen LogP contribution in [-0.2, 0) is 0 Å². The Balaban J connectivity index is 2.36. The number of hydrogen-bond donors (Lipinski definition) is 0. The molecule has 2 rings (SSSR count). The second-order valence-electron chi connectivity index (χ2n) is 4.47. The fourth-order valence-electron chi connectivity index (χ4n) is 1.81. The SMILES string of the molecule is CN(C)C1=C(Oc2ccc(Cl)cc2)CC(=[N+]=[N-])C(F)=C1. The zero-order chi connectivity index (χ0) is 14.7. The average molecular weight is 294 g/mol. The van der Waals surface area contributed by atoms with E-state index in [0.717, 1.165) is 0 Å². The van der Waals surface area contributed by atoms with Gasteiger partial charge in [-0.25, -0.2) is 0 Å². The zero-order valence-corrected chi connectivity index (χ0v) is 11.9. The summed E-state index contributed by atoms with van der Waals surface area (Å²) in [6.45, 7) is 0. The maximum atomic E-state index is 13.7. The molecule has 0 amide bonds. The van der Waals surface area contributed by atoms with E-state index in [0.29, 0.717) is 22.2 Å². The Morgan fingerprint density at radius 2 is 1.95 bits per heavy atom. The molecule has 0 unspecified atom stereocenters. The van der Waals surface area contributed by atoms with Crippen molar-refractivity contribution in [2.24, 2.45) is 0 Å². The van der Waals surface area contributed by atoms with Gasteiger partial charge >= 0.3 is 5.71 Å². The van der Waals surface area contributed by atoms with E-state index in [4.69, 9.17) is 21.9 Å². The Morgan fingerprint density at radius 3 is 2.50 bits per heavy atom. The van der Waals surface area contributed by atoms with Crippen LogP contribution in [0.15, 0.2) is 47.6 Å². The predicted octanol–water partition coefficient (Wildman–Crippen LogP) is 3.42. The Hall–Kier alpha value is -2.10. The first-order valence-electron chi connectivity index (χ1n) is 5.93. The number of hydrogen-bond acceptors (Lipinski definition) is 2.